The molecule has 1 atom stereocenters. The van der Waals surface area contributed by atoms with Crippen LogP contribution in [0.2, 0.25) is 0 Å². The molecule has 0 unspecified atom stereocenters. The van der Waals surface area contributed by atoms with E-state index in [4.69, 9.17) is 4.74 Å². The molecule has 0 spiro atoms. The molecule has 0 bridgehead atoms. The van der Waals surface area contributed by atoms with E-state index < -0.39 is 5.82 Å². The zero-order valence-electron chi connectivity index (χ0n) is 20.2. The van der Waals surface area contributed by atoms with Gasteiger partial charge in [0.05, 0.1) is 42.3 Å². The van der Waals surface area contributed by atoms with Gasteiger partial charge in [0.1, 0.15) is 6.10 Å². The largest absolute Gasteiger partial charge is 0.483 e. The Kier molecular flexibility index (Phi) is 6.13. The van der Waals surface area contributed by atoms with Crippen molar-refractivity contribution in [3.8, 4) is 11.6 Å². The van der Waals surface area contributed by atoms with Crippen molar-refractivity contribution in [2.45, 2.75) is 32.4 Å². The number of ether oxygens (including phenoxy) is 1. The van der Waals surface area contributed by atoms with E-state index in [0.717, 1.165) is 11.8 Å². The van der Waals surface area contributed by atoms with Gasteiger partial charge in [-0.3, -0.25) is 4.79 Å². The van der Waals surface area contributed by atoms with Crippen molar-refractivity contribution >= 4 is 18.2 Å². The van der Waals surface area contributed by atoms with Crippen LogP contribution in [0.3, 0.4) is 0 Å². The summed E-state index contributed by atoms with van der Waals surface area (Å²) >= 11 is 0. The summed E-state index contributed by atoms with van der Waals surface area (Å²) in [4.78, 5) is 30.9. The number of likely N-dealkylation sites (tertiary alicyclic amines) is 1. The lowest BCUT2D eigenvalue weighted by Gasteiger charge is -2.41. The van der Waals surface area contributed by atoms with Crippen LogP contribution in [0.5, 0.6) is 5.75 Å². The molecule has 0 radical (unpaired) electrons. The number of hydrogen-bond acceptors (Lipinski definition) is 6. The van der Waals surface area contributed by atoms with Crippen molar-refractivity contribution in [2.24, 2.45) is 5.10 Å². The predicted octanol–water partition coefficient (Wildman–Crippen LogP) is 3.00. The molecule has 11 heteroatoms. The monoisotopic (exact) mass is 491 g/mol. The molecule has 3 amide bonds. The Labute approximate surface area is 207 Å². The molecule has 2 aliphatic heterocycles. The van der Waals surface area contributed by atoms with Gasteiger partial charge in [-0.2, -0.15) is 10.2 Å². The molecule has 0 aliphatic carbocycles. The molecular formula is C25H26FN7O3. The fourth-order valence-corrected chi connectivity index (χ4v) is 4.48. The zero-order chi connectivity index (χ0) is 25.4. The Morgan fingerprint density at radius 3 is 2.64 bits per heavy atom. The smallest absolute Gasteiger partial charge is 0.341 e. The van der Waals surface area contributed by atoms with Gasteiger partial charge in [0.2, 0.25) is 0 Å². The second-order valence-electron chi connectivity index (χ2n) is 8.74. The summed E-state index contributed by atoms with van der Waals surface area (Å²) in [7, 11) is 1.55. The van der Waals surface area contributed by atoms with Gasteiger partial charge in [0, 0.05) is 25.7 Å². The van der Waals surface area contributed by atoms with Crippen LogP contribution in [-0.4, -0.2) is 69.1 Å². The van der Waals surface area contributed by atoms with Gasteiger partial charge in [0.25, 0.3) is 5.91 Å². The molecule has 0 saturated carbocycles. The number of carbonyl (C=O) groups excluding carboxylic acids is 2. The maximum atomic E-state index is 14.5. The number of amides is 3. The zero-order valence-corrected chi connectivity index (χ0v) is 20.2. The molecule has 1 N–H and O–H groups in total. The second kappa shape index (κ2) is 9.40. The molecule has 36 heavy (non-hydrogen) atoms. The summed E-state index contributed by atoms with van der Waals surface area (Å²) in [6, 6.07) is 10.9. The van der Waals surface area contributed by atoms with Gasteiger partial charge in [0.15, 0.2) is 17.4 Å². The molecule has 3 aromatic rings. The Bertz CT molecular complexity index is 1330. The molecule has 2 aliphatic rings. The fourth-order valence-electron chi connectivity index (χ4n) is 4.48. The molecule has 1 aromatic carbocycles. The first kappa shape index (κ1) is 23.5. The average molecular weight is 492 g/mol. The van der Waals surface area contributed by atoms with Crippen molar-refractivity contribution in [3.05, 3.63) is 70.9 Å². The second-order valence-corrected chi connectivity index (χ2v) is 8.74. The Balaban J connectivity index is 1.26. The number of nitrogens with zero attached hydrogens (tertiary/aromatic N) is 6. The van der Waals surface area contributed by atoms with Crippen LogP contribution >= 0.6 is 0 Å². The topological polar surface area (TPSA) is 105 Å². The average Bonchev–Trinajstić information content (AvgIpc) is 3.46. The van der Waals surface area contributed by atoms with E-state index in [2.05, 4.69) is 20.5 Å². The number of hydrazone groups is 1. The van der Waals surface area contributed by atoms with Crippen molar-refractivity contribution in [3.63, 3.8) is 0 Å². The first-order valence-corrected chi connectivity index (χ1v) is 11.6. The van der Waals surface area contributed by atoms with Gasteiger partial charge >= 0.3 is 6.03 Å². The number of carbonyl (C=O) groups is 2. The summed E-state index contributed by atoms with van der Waals surface area (Å²) in [6.07, 6.45) is 3.09. The third-order valence-electron chi connectivity index (χ3n) is 6.39. The molecular weight excluding hydrogens is 465 g/mol. The minimum Gasteiger partial charge on any atom is -0.483 e. The fraction of sp³-hybridized carbons (Fsp3) is 0.320. The predicted molar refractivity (Wildman–Crippen MR) is 130 cm³/mol. The van der Waals surface area contributed by atoms with Crippen LogP contribution in [0, 0.1) is 19.7 Å². The van der Waals surface area contributed by atoms with E-state index >= 15 is 0 Å². The summed E-state index contributed by atoms with van der Waals surface area (Å²) in [5, 5.41) is 12.7. The van der Waals surface area contributed by atoms with Crippen LogP contribution in [0.15, 0.2) is 47.7 Å². The minimum absolute atomic E-state index is 0.00694. The van der Waals surface area contributed by atoms with E-state index in [0.29, 0.717) is 42.3 Å². The van der Waals surface area contributed by atoms with Crippen LogP contribution < -0.4 is 10.1 Å². The maximum absolute atomic E-state index is 14.5. The number of aryl methyl sites for hydroxylation is 1. The van der Waals surface area contributed by atoms with Crippen LogP contribution in [0.25, 0.3) is 5.82 Å². The number of hydrogen-bond donors (Lipinski definition) is 1. The molecule has 1 saturated heterocycles. The maximum Gasteiger partial charge on any atom is 0.341 e. The summed E-state index contributed by atoms with van der Waals surface area (Å²) < 4.78 is 21.9. The van der Waals surface area contributed by atoms with Crippen LogP contribution in [-0.2, 0) is 0 Å². The third-order valence-corrected chi connectivity index (χ3v) is 6.39. The lowest BCUT2D eigenvalue weighted by atomic mass is 10.0. The molecule has 2 aromatic heterocycles. The lowest BCUT2D eigenvalue weighted by molar-refractivity contribution is 0.0256. The van der Waals surface area contributed by atoms with Crippen molar-refractivity contribution in [1.29, 1.82) is 0 Å². The first-order valence-electron chi connectivity index (χ1n) is 11.6. The van der Waals surface area contributed by atoms with E-state index in [-0.39, 0.29) is 29.8 Å². The summed E-state index contributed by atoms with van der Waals surface area (Å²) in [5.41, 5.74) is 2.58. The molecule has 1 fully saturated rings. The van der Waals surface area contributed by atoms with Gasteiger partial charge in [-0.25, -0.2) is 23.9 Å². The van der Waals surface area contributed by atoms with Gasteiger partial charge < -0.3 is 15.0 Å². The van der Waals surface area contributed by atoms with Gasteiger partial charge in [-0.05, 0) is 19.4 Å². The number of rotatable bonds is 5. The van der Waals surface area contributed by atoms with Crippen molar-refractivity contribution in [1.82, 2.24) is 30.0 Å². The molecule has 4 heterocycles. The number of halogens is 1. The number of urea groups is 1. The quantitative estimate of drug-likeness (QED) is 0.591. The van der Waals surface area contributed by atoms with E-state index in [1.807, 2.05) is 30.3 Å². The first-order chi connectivity index (χ1) is 17.4. The van der Waals surface area contributed by atoms with Crippen molar-refractivity contribution < 1.29 is 18.7 Å². The molecule has 5 rings (SSSR count). The standard InChI is InChI=1S/C25H26FN7O3/c1-15-23(24(34)27-3)16(2)32(30-15)22-11-21(19(26)12-28-22)36-18-13-31(14-18)25(35)33-20(9-10-29-33)17-7-5-4-6-8-17/h4-8,10-12,18,20H,9,13-14H2,1-3H3,(H,27,34)/t20-/m0/s1. The number of benzene rings is 1. The summed E-state index contributed by atoms with van der Waals surface area (Å²) in [5.74, 6) is -0.546. The van der Waals surface area contributed by atoms with Gasteiger partial charge in [-0.1, -0.05) is 30.3 Å². The van der Waals surface area contributed by atoms with Gasteiger partial charge in [-0.15, -0.1) is 0 Å². The van der Waals surface area contributed by atoms with Crippen molar-refractivity contribution in [2.75, 3.05) is 20.1 Å². The van der Waals surface area contributed by atoms with E-state index in [1.54, 1.807) is 32.0 Å². The highest BCUT2D eigenvalue weighted by atomic mass is 19.1. The highest BCUT2D eigenvalue weighted by molar-refractivity contribution is 5.96. The number of aromatic nitrogens is 3. The Morgan fingerprint density at radius 1 is 1.17 bits per heavy atom. The van der Waals surface area contributed by atoms with E-state index in [9.17, 15) is 14.0 Å². The van der Waals surface area contributed by atoms with Crippen LogP contribution in [0.1, 0.15) is 39.8 Å². The highest BCUT2D eigenvalue weighted by Gasteiger charge is 2.39. The third kappa shape index (κ3) is 4.16. The minimum atomic E-state index is -0.620. The Morgan fingerprint density at radius 2 is 1.92 bits per heavy atom. The SMILES string of the molecule is CNC(=O)c1c(C)nn(-c2cc(OC3CN(C(=O)N4N=CC[C@H]4c4ccccc4)C3)c(F)cn2)c1C. The number of pyridine rings is 1. The molecule has 186 valence electrons. The molecule has 10 nitrogen and oxygen atoms in total. The Hall–Kier alpha value is -4.28. The number of nitrogens with one attached hydrogen (secondary N) is 1. The van der Waals surface area contributed by atoms with Crippen LogP contribution in [0.4, 0.5) is 9.18 Å². The lowest BCUT2D eigenvalue weighted by Crippen LogP contribution is -2.58. The normalized spacial score (nSPS) is 17.3. The summed E-state index contributed by atoms with van der Waals surface area (Å²) in [6.45, 7) is 4.09. The highest BCUT2D eigenvalue weighted by Crippen LogP contribution is 2.31. The van der Waals surface area contributed by atoms with E-state index in [1.165, 1.54) is 15.8 Å².